The lowest BCUT2D eigenvalue weighted by molar-refractivity contribution is -0.147. The molecule has 0 saturated carbocycles. The molecule has 0 aromatic heterocycles. The maximum absolute atomic E-state index is 11.9. The third-order valence-corrected chi connectivity index (χ3v) is 4.13. The maximum Gasteiger partial charge on any atom is 0.306 e. The van der Waals surface area contributed by atoms with Crippen LogP contribution in [0.15, 0.2) is 42.5 Å². The van der Waals surface area contributed by atoms with Crippen LogP contribution in [0.1, 0.15) is 35.7 Å². The molecule has 0 saturated heterocycles. The van der Waals surface area contributed by atoms with Crippen molar-refractivity contribution in [2.24, 2.45) is 0 Å². The number of halogens is 1. The molecular formula is C21H22ClNO5. The molecule has 28 heavy (non-hydrogen) atoms. The van der Waals surface area contributed by atoms with Crippen molar-refractivity contribution < 1.29 is 23.9 Å². The van der Waals surface area contributed by atoms with E-state index in [-0.39, 0.29) is 18.8 Å². The van der Waals surface area contributed by atoms with E-state index in [4.69, 9.17) is 21.1 Å². The summed E-state index contributed by atoms with van der Waals surface area (Å²) < 4.78 is 10.5. The molecule has 6 nitrogen and oxygen atoms in total. The molecule has 0 bridgehead atoms. The van der Waals surface area contributed by atoms with Crippen LogP contribution in [-0.4, -0.2) is 30.9 Å². The third-order valence-electron chi connectivity index (χ3n) is 3.89. The van der Waals surface area contributed by atoms with Crippen LogP contribution in [0, 0.1) is 6.92 Å². The molecule has 2 rings (SSSR count). The van der Waals surface area contributed by atoms with Crippen molar-refractivity contribution in [3.63, 3.8) is 0 Å². The number of ketones is 1. The van der Waals surface area contributed by atoms with Gasteiger partial charge < -0.3 is 14.8 Å². The first-order valence-electron chi connectivity index (χ1n) is 8.80. The van der Waals surface area contributed by atoms with E-state index in [0.717, 1.165) is 5.56 Å². The number of aryl methyl sites for hydroxylation is 1. The van der Waals surface area contributed by atoms with Crippen molar-refractivity contribution in [1.29, 1.82) is 0 Å². The van der Waals surface area contributed by atoms with Gasteiger partial charge in [0.15, 0.2) is 12.4 Å². The van der Waals surface area contributed by atoms with Crippen molar-refractivity contribution in [2.45, 2.75) is 26.7 Å². The molecule has 0 spiro atoms. The summed E-state index contributed by atoms with van der Waals surface area (Å²) in [6, 6.07) is 11.9. The molecule has 2 aromatic rings. The molecule has 0 aliphatic rings. The number of ether oxygens (including phenoxy) is 2. The van der Waals surface area contributed by atoms with E-state index in [1.54, 1.807) is 42.5 Å². The monoisotopic (exact) mass is 403 g/mol. The predicted molar refractivity (Wildman–Crippen MR) is 107 cm³/mol. The molecule has 0 heterocycles. The Balaban J connectivity index is 1.65. The van der Waals surface area contributed by atoms with Crippen LogP contribution in [0.2, 0.25) is 5.02 Å². The smallest absolute Gasteiger partial charge is 0.306 e. The molecule has 148 valence electrons. The normalized spacial score (nSPS) is 10.2. The van der Waals surface area contributed by atoms with Crippen LogP contribution in [0.4, 0.5) is 5.69 Å². The van der Waals surface area contributed by atoms with Gasteiger partial charge in [0.05, 0.1) is 6.61 Å². The Morgan fingerprint density at radius 2 is 1.79 bits per heavy atom. The van der Waals surface area contributed by atoms with Gasteiger partial charge in [-0.25, -0.2) is 0 Å². The molecule has 1 amide bonds. The number of carbonyl (C=O) groups excluding carboxylic acids is 3. The van der Waals surface area contributed by atoms with E-state index in [9.17, 15) is 14.4 Å². The Hall–Kier alpha value is -2.86. The molecule has 0 unspecified atom stereocenters. The summed E-state index contributed by atoms with van der Waals surface area (Å²) in [6.45, 7) is 3.30. The Kier molecular flexibility index (Phi) is 8.02. The highest BCUT2D eigenvalue weighted by Crippen LogP contribution is 2.20. The number of anilines is 1. The molecule has 0 aliphatic carbocycles. The van der Waals surface area contributed by atoms with Gasteiger partial charge in [-0.3, -0.25) is 14.4 Å². The Morgan fingerprint density at radius 1 is 1.07 bits per heavy atom. The first-order valence-corrected chi connectivity index (χ1v) is 9.18. The van der Waals surface area contributed by atoms with Crippen LogP contribution in [0.25, 0.3) is 0 Å². The molecule has 7 heteroatoms. The standard InChI is InChI=1S/C21H22ClNO5/c1-14-5-8-17(22)12-19(14)23-20(25)13-28-21(26)4-3-11-27-18-9-6-16(7-10-18)15(2)24/h5-10,12H,3-4,11,13H2,1-2H3,(H,23,25). The lowest BCUT2D eigenvalue weighted by Crippen LogP contribution is -2.21. The summed E-state index contributed by atoms with van der Waals surface area (Å²) in [4.78, 5) is 34.8. The zero-order valence-corrected chi connectivity index (χ0v) is 16.5. The molecule has 1 N–H and O–H groups in total. The van der Waals surface area contributed by atoms with Crippen molar-refractivity contribution in [1.82, 2.24) is 0 Å². The minimum absolute atomic E-state index is 0.0103. The lowest BCUT2D eigenvalue weighted by Gasteiger charge is -2.10. The summed E-state index contributed by atoms with van der Waals surface area (Å²) in [5.74, 6) is -0.299. The second-order valence-electron chi connectivity index (χ2n) is 6.20. The summed E-state index contributed by atoms with van der Waals surface area (Å²) in [5.41, 5.74) is 2.05. The minimum Gasteiger partial charge on any atom is -0.494 e. The van der Waals surface area contributed by atoms with Crippen LogP contribution in [0.5, 0.6) is 5.75 Å². The Labute approximate surface area is 168 Å². The average molecular weight is 404 g/mol. The first-order chi connectivity index (χ1) is 13.3. The van der Waals surface area contributed by atoms with Gasteiger partial charge in [-0.1, -0.05) is 17.7 Å². The van der Waals surface area contributed by atoms with Crippen LogP contribution in [-0.2, 0) is 14.3 Å². The van der Waals surface area contributed by atoms with Crippen molar-refractivity contribution >= 4 is 34.9 Å². The fraction of sp³-hybridized carbons (Fsp3) is 0.286. The number of benzene rings is 2. The van der Waals surface area contributed by atoms with Crippen molar-refractivity contribution in [2.75, 3.05) is 18.5 Å². The molecule has 0 atom stereocenters. The van der Waals surface area contributed by atoms with E-state index in [1.807, 2.05) is 6.92 Å². The van der Waals surface area contributed by atoms with Crippen LogP contribution in [0.3, 0.4) is 0 Å². The summed E-state index contributed by atoms with van der Waals surface area (Å²) in [7, 11) is 0. The van der Waals surface area contributed by atoms with E-state index in [1.165, 1.54) is 6.92 Å². The zero-order valence-electron chi connectivity index (χ0n) is 15.8. The van der Waals surface area contributed by atoms with Gasteiger partial charge in [0, 0.05) is 22.7 Å². The lowest BCUT2D eigenvalue weighted by atomic mass is 10.1. The highest BCUT2D eigenvalue weighted by Gasteiger charge is 2.10. The fourth-order valence-electron chi connectivity index (χ4n) is 2.33. The molecular weight excluding hydrogens is 382 g/mol. The molecule has 2 aromatic carbocycles. The Morgan fingerprint density at radius 3 is 2.46 bits per heavy atom. The summed E-state index contributed by atoms with van der Waals surface area (Å²) in [5, 5.41) is 3.17. The first kappa shape index (κ1) is 21.4. The number of hydrogen-bond acceptors (Lipinski definition) is 5. The third kappa shape index (κ3) is 7.04. The average Bonchev–Trinajstić information content (AvgIpc) is 2.67. The van der Waals surface area contributed by atoms with E-state index in [0.29, 0.717) is 35.1 Å². The molecule has 0 radical (unpaired) electrons. The summed E-state index contributed by atoms with van der Waals surface area (Å²) in [6.07, 6.45) is 0.581. The number of carbonyl (C=O) groups is 3. The number of amides is 1. The van der Waals surface area contributed by atoms with Gasteiger partial charge in [-0.05, 0) is 62.2 Å². The number of hydrogen-bond donors (Lipinski definition) is 1. The largest absolute Gasteiger partial charge is 0.494 e. The zero-order chi connectivity index (χ0) is 20.5. The van der Waals surface area contributed by atoms with Crippen LogP contribution < -0.4 is 10.1 Å². The second-order valence-corrected chi connectivity index (χ2v) is 6.64. The van der Waals surface area contributed by atoms with Gasteiger partial charge in [0.1, 0.15) is 5.75 Å². The minimum atomic E-state index is -0.478. The van der Waals surface area contributed by atoms with Gasteiger partial charge in [-0.2, -0.15) is 0 Å². The molecule has 0 aliphatic heterocycles. The van der Waals surface area contributed by atoms with Crippen LogP contribution >= 0.6 is 11.6 Å². The predicted octanol–water partition coefficient (Wildman–Crippen LogP) is 4.19. The fourth-order valence-corrected chi connectivity index (χ4v) is 2.50. The van der Waals surface area contributed by atoms with E-state index >= 15 is 0 Å². The topological polar surface area (TPSA) is 81.7 Å². The number of nitrogens with one attached hydrogen (secondary N) is 1. The van der Waals surface area contributed by atoms with Gasteiger partial charge in [0.2, 0.25) is 0 Å². The highest BCUT2D eigenvalue weighted by molar-refractivity contribution is 6.31. The Bertz CT molecular complexity index is 848. The van der Waals surface area contributed by atoms with Gasteiger partial charge in [0.25, 0.3) is 5.91 Å². The second kappa shape index (κ2) is 10.5. The van der Waals surface area contributed by atoms with Crippen molar-refractivity contribution in [3.8, 4) is 5.75 Å². The number of esters is 1. The van der Waals surface area contributed by atoms with Gasteiger partial charge >= 0.3 is 5.97 Å². The maximum atomic E-state index is 11.9. The number of rotatable bonds is 9. The quantitative estimate of drug-likeness (QED) is 0.385. The SMILES string of the molecule is CC(=O)c1ccc(OCCCC(=O)OCC(=O)Nc2cc(Cl)ccc2C)cc1. The highest BCUT2D eigenvalue weighted by atomic mass is 35.5. The summed E-state index contributed by atoms with van der Waals surface area (Å²) >= 11 is 5.90. The van der Waals surface area contributed by atoms with Gasteiger partial charge in [-0.15, -0.1) is 0 Å². The number of Topliss-reactive ketones (excluding diaryl/α,β-unsaturated/α-hetero) is 1. The van der Waals surface area contributed by atoms with E-state index in [2.05, 4.69) is 5.32 Å². The van der Waals surface area contributed by atoms with E-state index < -0.39 is 11.9 Å². The van der Waals surface area contributed by atoms with Crippen molar-refractivity contribution in [3.05, 3.63) is 58.6 Å². The molecule has 0 fully saturated rings.